The maximum Gasteiger partial charge on any atom is 0.164 e. The van der Waals surface area contributed by atoms with Crippen molar-refractivity contribution in [1.29, 1.82) is 0 Å². The highest BCUT2D eigenvalue weighted by Gasteiger charge is 2.21. The van der Waals surface area contributed by atoms with Crippen LogP contribution in [0.25, 0.3) is 93.0 Å². The first-order valence-corrected chi connectivity index (χ1v) is 17.5. The summed E-state index contributed by atoms with van der Waals surface area (Å²) >= 11 is 1.81. The van der Waals surface area contributed by atoms with Gasteiger partial charge in [-0.2, -0.15) is 0 Å². The molecule has 3 aromatic heterocycles. The molecule has 0 aliphatic carbocycles. The molecule has 3 heterocycles. The first-order chi connectivity index (χ1) is 24.8. The molecule has 0 amide bonds. The summed E-state index contributed by atoms with van der Waals surface area (Å²) in [7, 11) is 0. The lowest BCUT2D eigenvalue weighted by Crippen LogP contribution is -2.01. The smallest absolute Gasteiger partial charge is 0.164 e. The summed E-state index contributed by atoms with van der Waals surface area (Å²) < 4.78 is 4.82. The molecule has 10 rings (SSSR count). The SMILES string of the molecule is c1ccc(-c2ccc3c4ccccc4n(-c4cc(-c5nc(-c6ccccc6)nc(-c6ccccc6)n5)c5c(c4)sc4ccccc45)c3c2)cc1. The van der Waals surface area contributed by atoms with Crippen LogP contribution >= 0.6 is 11.3 Å². The third-order valence-electron chi connectivity index (χ3n) is 9.44. The van der Waals surface area contributed by atoms with Crippen LogP contribution in [0.2, 0.25) is 0 Å². The summed E-state index contributed by atoms with van der Waals surface area (Å²) in [5, 5.41) is 4.80. The van der Waals surface area contributed by atoms with Crippen molar-refractivity contribution in [3.8, 4) is 51.0 Å². The lowest BCUT2D eigenvalue weighted by atomic mass is 10.0. The molecule has 7 aromatic carbocycles. The fourth-order valence-electron chi connectivity index (χ4n) is 7.13. The summed E-state index contributed by atoms with van der Waals surface area (Å²) in [5.74, 6) is 1.95. The van der Waals surface area contributed by atoms with Gasteiger partial charge in [0.1, 0.15) is 0 Å². The second-order valence-corrected chi connectivity index (χ2v) is 13.5. The van der Waals surface area contributed by atoms with E-state index >= 15 is 0 Å². The van der Waals surface area contributed by atoms with Crippen molar-refractivity contribution in [1.82, 2.24) is 19.5 Å². The zero-order valence-electron chi connectivity index (χ0n) is 26.9. The van der Waals surface area contributed by atoms with Crippen molar-refractivity contribution in [2.24, 2.45) is 0 Å². The number of thiophene rings is 1. The van der Waals surface area contributed by atoms with Crippen LogP contribution in [-0.2, 0) is 0 Å². The topological polar surface area (TPSA) is 43.6 Å². The number of hydrogen-bond acceptors (Lipinski definition) is 4. The minimum absolute atomic E-state index is 0.650. The fourth-order valence-corrected chi connectivity index (χ4v) is 8.30. The summed E-state index contributed by atoms with van der Waals surface area (Å²) in [6, 6.07) is 59.7. The molecule has 0 atom stereocenters. The normalized spacial score (nSPS) is 11.6. The van der Waals surface area contributed by atoms with Gasteiger partial charge in [0.15, 0.2) is 17.5 Å². The van der Waals surface area contributed by atoms with Gasteiger partial charge in [0.05, 0.1) is 11.0 Å². The van der Waals surface area contributed by atoms with Gasteiger partial charge in [-0.25, -0.2) is 15.0 Å². The Morgan fingerprint density at radius 2 is 0.940 bits per heavy atom. The maximum atomic E-state index is 5.21. The number of fused-ring (bicyclic) bond motifs is 6. The zero-order chi connectivity index (χ0) is 33.0. The van der Waals surface area contributed by atoms with Gasteiger partial charge < -0.3 is 4.57 Å². The van der Waals surface area contributed by atoms with Gasteiger partial charge in [-0.05, 0) is 41.5 Å². The third kappa shape index (κ3) is 4.71. The van der Waals surface area contributed by atoms with E-state index in [2.05, 4.69) is 138 Å². The van der Waals surface area contributed by atoms with Gasteiger partial charge in [-0.3, -0.25) is 0 Å². The molecule has 0 unspecified atom stereocenters. The monoisotopic (exact) mass is 656 g/mol. The Labute approximate surface area is 292 Å². The van der Waals surface area contributed by atoms with Gasteiger partial charge in [0.25, 0.3) is 0 Å². The molecule has 0 saturated heterocycles. The zero-order valence-corrected chi connectivity index (χ0v) is 27.7. The van der Waals surface area contributed by atoms with Crippen molar-refractivity contribution in [3.63, 3.8) is 0 Å². The quantitative estimate of drug-likeness (QED) is 0.185. The van der Waals surface area contributed by atoms with Crippen LogP contribution in [-0.4, -0.2) is 19.5 Å². The first-order valence-electron chi connectivity index (χ1n) is 16.7. The lowest BCUT2D eigenvalue weighted by molar-refractivity contribution is 1.07. The highest BCUT2D eigenvalue weighted by Crippen LogP contribution is 2.43. The van der Waals surface area contributed by atoms with Gasteiger partial charge >= 0.3 is 0 Å². The van der Waals surface area contributed by atoms with Crippen LogP contribution in [0.15, 0.2) is 170 Å². The average Bonchev–Trinajstić information content (AvgIpc) is 3.74. The minimum Gasteiger partial charge on any atom is -0.309 e. The fraction of sp³-hybridized carbons (Fsp3) is 0. The molecule has 0 saturated carbocycles. The Morgan fingerprint density at radius 1 is 0.380 bits per heavy atom. The van der Waals surface area contributed by atoms with Crippen LogP contribution in [0, 0.1) is 0 Å². The molecule has 0 bridgehead atoms. The summed E-state index contributed by atoms with van der Waals surface area (Å²) in [4.78, 5) is 15.4. The molecular formula is C45H28N4S. The number of aromatic nitrogens is 4. The maximum absolute atomic E-state index is 5.21. The second kappa shape index (κ2) is 11.6. The molecule has 50 heavy (non-hydrogen) atoms. The van der Waals surface area contributed by atoms with Crippen LogP contribution in [0.3, 0.4) is 0 Å². The predicted molar refractivity (Wildman–Crippen MR) is 209 cm³/mol. The van der Waals surface area contributed by atoms with Crippen molar-refractivity contribution in [3.05, 3.63) is 170 Å². The van der Waals surface area contributed by atoms with Gasteiger partial charge in [-0.1, -0.05) is 140 Å². The molecule has 10 aromatic rings. The van der Waals surface area contributed by atoms with Gasteiger partial charge in [-0.15, -0.1) is 11.3 Å². The van der Waals surface area contributed by atoms with Crippen LogP contribution in [0.1, 0.15) is 0 Å². The number of nitrogens with zero attached hydrogens (tertiary/aromatic N) is 4. The molecule has 0 fully saturated rings. The first kappa shape index (κ1) is 28.6. The Balaban J connectivity index is 1.30. The molecule has 234 valence electrons. The van der Waals surface area contributed by atoms with E-state index in [1.54, 1.807) is 0 Å². The Hall–Kier alpha value is -6.43. The Morgan fingerprint density at radius 3 is 1.64 bits per heavy atom. The standard InChI is InChI=1S/C45H28N4S/c1-4-14-29(15-5-1)32-24-25-35-34-20-10-12-22-38(34)49(39(35)26-32)33-27-37(42-36-21-11-13-23-40(36)50-41(42)28-33)45-47-43(30-16-6-2-7-17-30)46-44(48-45)31-18-8-3-9-19-31/h1-28H. The van der Waals surface area contributed by atoms with Crippen LogP contribution in [0.4, 0.5) is 0 Å². The number of para-hydroxylation sites is 1. The summed E-state index contributed by atoms with van der Waals surface area (Å²) in [5.41, 5.74) is 8.64. The third-order valence-corrected chi connectivity index (χ3v) is 10.6. The average molecular weight is 657 g/mol. The summed E-state index contributed by atoms with van der Waals surface area (Å²) in [6.45, 7) is 0. The summed E-state index contributed by atoms with van der Waals surface area (Å²) in [6.07, 6.45) is 0. The molecular weight excluding hydrogens is 629 g/mol. The van der Waals surface area contributed by atoms with E-state index in [1.165, 1.54) is 36.7 Å². The number of hydrogen-bond donors (Lipinski definition) is 0. The van der Waals surface area contributed by atoms with E-state index in [0.29, 0.717) is 17.5 Å². The molecule has 0 N–H and O–H groups in total. The van der Waals surface area contributed by atoms with Crippen molar-refractivity contribution in [2.45, 2.75) is 0 Å². The van der Waals surface area contributed by atoms with E-state index in [4.69, 9.17) is 15.0 Å². The van der Waals surface area contributed by atoms with Gasteiger partial charge in [0, 0.05) is 53.3 Å². The van der Waals surface area contributed by atoms with Crippen LogP contribution in [0.5, 0.6) is 0 Å². The minimum atomic E-state index is 0.650. The lowest BCUT2D eigenvalue weighted by Gasteiger charge is -2.14. The van der Waals surface area contributed by atoms with Crippen molar-refractivity contribution >= 4 is 53.3 Å². The van der Waals surface area contributed by atoms with E-state index in [-0.39, 0.29) is 0 Å². The Kier molecular flexibility index (Phi) is 6.64. The molecule has 0 spiro atoms. The van der Waals surface area contributed by atoms with E-state index in [9.17, 15) is 0 Å². The Bertz CT molecular complexity index is 2800. The highest BCUT2D eigenvalue weighted by molar-refractivity contribution is 7.26. The number of rotatable bonds is 5. The molecule has 5 heteroatoms. The second-order valence-electron chi connectivity index (χ2n) is 12.5. The molecule has 0 aliphatic rings. The molecule has 0 radical (unpaired) electrons. The van der Waals surface area contributed by atoms with Crippen LogP contribution < -0.4 is 0 Å². The van der Waals surface area contributed by atoms with Crippen molar-refractivity contribution < 1.29 is 0 Å². The van der Waals surface area contributed by atoms with E-state index in [0.717, 1.165) is 38.8 Å². The highest BCUT2D eigenvalue weighted by atomic mass is 32.1. The van der Waals surface area contributed by atoms with Crippen molar-refractivity contribution in [2.75, 3.05) is 0 Å². The molecule has 0 aliphatic heterocycles. The molecule has 4 nitrogen and oxygen atoms in total. The number of benzene rings is 7. The van der Waals surface area contributed by atoms with E-state index in [1.807, 2.05) is 47.7 Å². The predicted octanol–water partition coefficient (Wildman–Crippen LogP) is 12.0. The van der Waals surface area contributed by atoms with Gasteiger partial charge in [0.2, 0.25) is 0 Å². The van der Waals surface area contributed by atoms with E-state index < -0.39 is 0 Å². The largest absolute Gasteiger partial charge is 0.309 e.